The van der Waals surface area contributed by atoms with Crippen molar-refractivity contribution in [1.82, 2.24) is 0 Å². The van der Waals surface area contributed by atoms with Crippen LogP contribution in [-0.2, 0) is 0 Å². The molecule has 0 fully saturated rings. The van der Waals surface area contributed by atoms with E-state index in [9.17, 15) is 5.26 Å². The number of rotatable bonds is 3. The van der Waals surface area contributed by atoms with Crippen LogP contribution in [0.2, 0.25) is 0 Å². The molecule has 8 aromatic rings. The highest BCUT2D eigenvalue weighted by Crippen LogP contribution is 2.45. The van der Waals surface area contributed by atoms with Gasteiger partial charge >= 0.3 is 0 Å². The fourth-order valence-corrected chi connectivity index (χ4v) is 5.83. The van der Waals surface area contributed by atoms with Crippen LogP contribution in [0.4, 0.5) is 5.69 Å². The lowest BCUT2D eigenvalue weighted by Gasteiger charge is -2.05. The largest absolute Gasteiger partial charge is 0.455 e. The van der Waals surface area contributed by atoms with Crippen molar-refractivity contribution in [1.29, 1.82) is 5.26 Å². The Hall–Kier alpha value is -6.10. The summed E-state index contributed by atoms with van der Waals surface area (Å²) in [5, 5.41) is 13.3. The first-order valence-corrected chi connectivity index (χ1v) is 13.6. The van der Waals surface area contributed by atoms with Crippen molar-refractivity contribution in [2.24, 2.45) is 0 Å². The van der Waals surface area contributed by atoms with Gasteiger partial charge in [0, 0.05) is 21.5 Å². The number of hydrogen-bond donors (Lipinski definition) is 0. The molecule has 0 amide bonds. The van der Waals surface area contributed by atoms with Crippen molar-refractivity contribution in [3.05, 3.63) is 138 Å². The minimum atomic E-state index is 0.621. The summed E-state index contributed by atoms with van der Waals surface area (Å²) in [4.78, 5) is 3.52. The highest BCUT2D eigenvalue weighted by Gasteiger charge is 2.21. The summed E-state index contributed by atoms with van der Waals surface area (Å²) in [5.41, 5.74) is 10.6. The fourth-order valence-electron chi connectivity index (χ4n) is 5.83. The zero-order valence-corrected chi connectivity index (χ0v) is 22.3. The molecule has 0 spiro atoms. The summed E-state index contributed by atoms with van der Waals surface area (Å²) in [6.45, 7) is 7.27. The molecule has 2 heterocycles. The summed E-state index contributed by atoms with van der Waals surface area (Å²) < 4.78 is 13.1. The summed E-state index contributed by atoms with van der Waals surface area (Å²) in [6.07, 6.45) is 0. The maximum atomic E-state index is 9.22. The lowest BCUT2D eigenvalue weighted by Crippen LogP contribution is -1.81. The van der Waals surface area contributed by atoms with Gasteiger partial charge < -0.3 is 8.83 Å². The predicted octanol–water partition coefficient (Wildman–Crippen LogP) is 10.9. The molecule has 0 aliphatic rings. The van der Waals surface area contributed by atoms with Crippen molar-refractivity contribution < 1.29 is 8.83 Å². The molecular weight excluding hydrogens is 516 g/mol. The molecule has 0 aliphatic carbocycles. The molecule has 0 unspecified atom stereocenters. The molecule has 0 radical (unpaired) electrons. The second kappa shape index (κ2) is 9.24. The highest BCUT2D eigenvalue weighted by molar-refractivity contribution is 6.22. The Morgan fingerprint density at radius 2 is 1.05 bits per heavy atom. The molecule has 0 bridgehead atoms. The smallest absolute Gasteiger partial charge is 0.187 e. The van der Waals surface area contributed by atoms with E-state index in [0.29, 0.717) is 11.3 Å². The van der Waals surface area contributed by atoms with Gasteiger partial charge in [-0.15, -0.1) is 0 Å². The average molecular weight is 537 g/mol. The number of furan rings is 2. The van der Waals surface area contributed by atoms with E-state index in [1.807, 2.05) is 78.9 Å². The highest BCUT2D eigenvalue weighted by atomic mass is 16.3. The Labute approximate surface area is 241 Å². The maximum absolute atomic E-state index is 9.22. The van der Waals surface area contributed by atoms with Crippen LogP contribution in [0.3, 0.4) is 0 Å². The minimum absolute atomic E-state index is 0.621. The molecule has 6 aromatic carbocycles. The number of nitriles is 1. The van der Waals surface area contributed by atoms with Crippen LogP contribution in [0.1, 0.15) is 5.56 Å². The van der Waals surface area contributed by atoms with Crippen LogP contribution in [0.5, 0.6) is 0 Å². The second-order valence-corrected chi connectivity index (χ2v) is 10.3. The zero-order valence-electron chi connectivity index (χ0n) is 22.3. The molecule has 42 heavy (non-hydrogen) atoms. The van der Waals surface area contributed by atoms with Gasteiger partial charge in [0.1, 0.15) is 22.3 Å². The first kappa shape index (κ1) is 23.8. The maximum Gasteiger partial charge on any atom is 0.187 e. The fraction of sp³-hybridized carbons (Fsp3) is 0. The summed E-state index contributed by atoms with van der Waals surface area (Å²) in [7, 11) is 0. The molecule has 194 valence electrons. The van der Waals surface area contributed by atoms with Crippen molar-refractivity contribution in [2.45, 2.75) is 0 Å². The zero-order chi connectivity index (χ0) is 28.2. The monoisotopic (exact) mass is 536 g/mol. The lowest BCUT2D eigenvalue weighted by molar-refractivity contribution is 0.658. The third kappa shape index (κ3) is 3.68. The van der Waals surface area contributed by atoms with Gasteiger partial charge in [-0.1, -0.05) is 78.9 Å². The Balaban J connectivity index is 1.42. The molecular formula is C38H20N2O2. The predicted molar refractivity (Wildman–Crippen MR) is 168 cm³/mol. The summed E-state index contributed by atoms with van der Waals surface area (Å²) in [5.74, 6) is 0. The van der Waals surface area contributed by atoms with Crippen molar-refractivity contribution in [3.63, 3.8) is 0 Å². The quantitative estimate of drug-likeness (QED) is 0.211. The van der Waals surface area contributed by atoms with Crippen molar-refractivity contribution >= 4 is 49.6 Å². The van der Waals surface area contributed by atoms with Gasteiger partial charge in [-0.2, -0.15) is 5.26 Å². The molecule has 0 saturated carbocycles. The van der Waals surface area contributed by atoms with E-state index >= 15 is 0 Å². The van der Waals surface area contributed by atoms with E-state index in [1.54, 1.807) is 0 Å². The molecule has 0 atom stereocenters. The van der Waals surface area contributed by atoms with Crippen molar-refractivity contribution in [3.8, 4) is 39.4 Å². The minimum Gasteiger partial charge on any atom is -0.455 e. The first-order chi connectivity index (χ1) is 20.7. The Morgan fingerprint density at radius 1 is 0.524 bits per heavy atom. The molecule has 8 rings (SSSR count). The van der Waals surface area contributed by atoms with E-state index in [-0.39, 0.29) is 0 Å². The molecule has 2 aromatic heterocycles. The number of hydrogen-bond acceptors (Lipinski definition) is 3. The van der Waals surface area contributed by atoms with Gasteiger partial charge in [0.05, 0.1) is 23.8 Å². The Kier molecular flexibility index (Phi) is 5.22. The molecule has 0 saturated heterocycles. The van der Waals surface area contributed by atoms with Gasteiger partial charge in [-0.25, -0.2) is 4.85 Å². The first-order valence-electron chi connectivity index (χ1n) is 13.6. The van der Waals surface area contributed by atoms with Crippen LogP contribution >= 0.6 is 0 Å². The van der Waals surface area contributed by atoms with Gasteiger partial charge in [0.15, 0.2) is 5.69 Å². The van der Waals surface area contributed by atoms with Crippen molar-refractivity contribution in [2.75, 3.05) is 0 Å². The molecule has 0 N–H and O–H groups in total. The van der Waals surface area contributed by atoms with E-state index in [0.717, 1.165) is 77.3 Å². The van der Waals surface area contributed by atoms with Crippen LogP contribution < -0.4 is 0 Å². The Bertz CT molecular complexity index is 2250. The third-order valence-electron chi connectivity index (χ3n) is 7.94. The normalized spacial score (nSPS) is 11.3. The Morgan fingerprint density at radius 3 is 1.57 bits per heavy atom. The SMILES string of the molecule is [C-]#[N+]c1ccc(-c2ccc3oc4c(-c5ccccc5)c5oc6ccc(-c7ccc(C#N)cc7)cc6c5cc4c3c2)cc1. The number of nitrogens with zero attached hydrogens (tertiary/aromatic N) is 2. The second-order valence-electron chi connectivity index (χ2n) is 10.3. The molecule has 4 nitrogen and oxygen atoms in total. The summed E-state index contributed by atoms with van der Waals surface area (Å²) in [6, 6.07) is 42.4. The third-order valence-corrected chi connectivity index (χ3v) is 7.94. The molecule has 4 heteroatoms. The van der Waals surface area contributed by atoms with E-state index in [1.165, 1.54) is 0 Å². The molecule has 0 aliphatic heterocycles. The van der Waals surface area contributed by atoms with Gasteiger partial charge in [0.25, 0.3) is 0 Å². The van der Waals surface area contributed by atoms with E-state index in [4.69, 9.17) is 15.4 Å². The van der Waals surface area contributed by atoms with Crippen LogP contribution in [-0.4, -0.2) is 0 Å². The standard InChI is InChI=1S/C38H20N2O2/c1-40-29-15-11-25(12-16-29)28-14-18-35-31(20-28)33-21-32-30-19-27(24-9-7-23(22-39)8-10-24)13-17-34(30)41-37(32)36(38(33)42-35)26-5-3-2-4-6-26/h2-21H. The van der Waals surface area contributed by atoms with Gasteiger partial charge in [-0.3, -0.25) is 0 Å². The van der Waals surface area contributed by atoms with E-state index in [2.05, 4.69) is 53.4 Å². The lowest BCUT2D eigenvalue weighted by atomic mass is 9.96. The van der Waals surface area contributed by atoms with Crippen LogP contribution in [0, 0.1) is 17.9 Å². The summed E-state index contributed by atoms with van der Waals surface area (Å²) >= 11 is 0. The van der Waals surface area contributed by atoms with E-state index < -0.39 is 0 Å². The topological polar surface area (TPSA) is 54.4 Å². The van der Waals surface area contributed by atoms with Gasteiger partial charge in [0.2, 0.25) is 0 Å². The van der Waals surface area contributed by atoms with Crippen LogP contribution in [0.15, 0.2) is 130 Å². The average Bonchev–Trinajstić information content (AvgIpc) is 3.61. The van der Waals surface area contributed by atoms with Gasteiger partial charge in [-0.05, 0) is 70.3 Å². The number of fused-ring (bicyclic) bond motifs is 6. The van der Waals surface area contributed by atoms with Crippen LogP contribution in [0.25, 0.3) is 82.1 Å². The number of benzene rings is 6.